The van der Waals surface area contributed by atoms with Crippen molar-refractivity contribution in [3.05, 3.63) is 41.7 Å². The predicted molar refractivity (Wildman–Crippen MR) is 68.7 cm³/mol. The van der Waals surface area contributed by atoms with Crippen molar-refractivity contribution in [2.24, 2.45) is 0 Å². The number of benzene rings is 1. The summed E-state index contributed by atoms with van der Waals surface area (Å²) in [6.45, 7) is 0. The molecule has 0 saturated carbocycles. The molecule has 0 aromatic heterocycles. The third kappa shape index (κ3) is 2.67. The lowest BCUT2D eigenvalue weighted by Crippen LogP contribution is -2.18. The molecule has 18 heavy (non-hydrogen) atoms. The molecule has 1 amide bonds. The Bertz CT molecular complexity index is 577. The van der Waals surface area contributed by atoms with Gasteiger partial charge in [0.25, 0.3) is 11.1 Å². The van der Waals surface area contributed by atoms with Gasteiger partial charge in [-0.2, -0.15) is 0 Å². The van der Waals surface area contributed by atoms with E-state index >= 15 is 0 Å². The van der Waals surface area contributed by atoms with Crippen molar-refractivity contribution in [2.45, 2.75) is 0 Å². The molecule has 0 unspecified atom stereocenters. The van der Waals surface area contributed by atoms with Crippen LogP contribution in [0.3, 0.4) is 0 Å². The smallest absolute Gasteiger partial charge is 0.294 e. The van der Waals surface area contributed by atoms with E-state index in [4.69, 9.17) is 9.84 Å². The number of allylic oxidation sites excluding steroid dienone is 2. The van der Waals surface area contributed by atoms with Gasteiger partial charge >= 0.3 is 0 Å². The number of hydrogen-bond acceptors (Lipinski definition) is 5. The van der Waals surface area contributed by atoms with Gasteiger partial charge < -0.3 is 14.9 Å². The highest BCUT2D eigenvalue weighted by Gasteiger charge is 2.21. The Hall–Kier alpha value is -2.34. The van der Waals surface area contributed by atoms with Crippen molar-refractivity contribution in [1.82, 2.24) is 5.32 Å². The molecule has 1 aliphatic heterocycles. The Kier molecular flexibility index (Phi) is 3.29. The molecule has 92 valence electrons. The molecule has 0 atom stereocenters. The van der Waals surface area contributed by atoms with Crippen LogP contribution in [0.2, 0.25) is 0 Å². The number of rotatable bonds is 2. The molecule has 1 fully saturated rings. The first-order valence-corrected chi connectivity index (χ1v) is 5.40. The minimum atomic E-state index is -0.391. The maximum atomic E-state index is 11.2. The van der Waals surface area contributed by atoms with Crippen molar-refractivity contribution >= 4 is 29.4 Å². The van der Waals surface area contributed by atoms with E-state index in [1.54, 1.807) is 18.2 Å². The Morgan fingerprint density at radius 3 is 2.67 bits per heavy atom. The Morgan fingerprint density at radius 2 is 2.06 bits per heavy atom. The van der Waals surface area contributed by atoms with E-state index in [0.717, 1.165) is 0 Å². The highest BCUT2D eigenvalue weighted by Crippen LogP contribution is 2.25. The van der Waals surface area contributed by atoms with Crippen LogP contribution in [0, 0.1) is 0 Å². The highest BCUT2D eigenvalue weighted by molar-refractivity contribution is 7.80. The zero-order valence-corrected chi connectivity index (χ0v) is 9.90. The number of thiocarbonyl (C=S) groups is 1. The molecule has 0 radical (unpaired) electrons. The molecule has 5 nitrogen and oxygen atoms in total. The number of phenolic OH excluding ortho intramolecular Hbond substituents is 2. The number of hydrogen-bond donors (Lipinski definition) is 3. The predicted octanol–water partition coefficient (Wildman–Crippen LogP) is 1.43. The van der Waals surface area contributed by atoms with Crippen molar-refractivity contribution in [2.75, 3.05) is 0 Å². The highest BCUT2D eigenvalue weighted by atomic mass is 32.1. The van der Waals surface area contributed by atoms with E-state index < -0.39 is 5.91 Å². The van der Waals surface area contributed by atoms with E-state index in [-0.39, 0.29) is 22.4 Å². The minimum Gasteiger partial charge on any atom is -0.504 e. The first kappa shape index (κ1) is 12.1. The summed E-state index contributed by atoms with van der Waals surface area (Å²) in [5.74, 6) is -0.673. The van der Waals surface area contributed by atoms with E-state index in [1.807, 2.05) is 0 Å². The van der Waals surface area contributed by atoms with Crippen molar-refractivity contribution in [1.29, 1.82) is 0 Å². The van der Waals surface area contributed by atoms with Gasteiger partial charge in [0, 0.05) is 0 Å². The van der Waals surface area contributed by atoms with Crippen LogP contribution < -0.4 is 5.32 Å². The molecule has 1 aliphatic rings. The Balaban J connectivity index is 2.12. The fourth-order valence-corrected chi connectivity index (χ4v) is 1.51. The van der Waals surface area contributed by atoms with Crippen LogP contribution in [0.15, 0.2) is 36.1 Å². The van der Waals surface area contributed by atoms with Gasteiger partial charge in [-0.1, -0.05) is 18.2 Å². The normalized spacial score (nSPS) is 17.2. The number of carbonyl (C=O) groups excluding carboxylic acids is 1. The Morgan fingerprint density at radius 1 is 1.28 bits per heavy atom. The molecule has 0 aliphatic carbocycles. The van der Waals surface area contributed by atoms with Crippen LogP contribution in [-0.4, -0.2) is 21.3 Å². The van der Waals surface area contributed by atoms with Crippen LogP contribution in [0.5, 0.6) is 11.5 Å². The van der Waals surface area contributed by atoms with Gasteiger partial charge in [-0.05, 0) is 36.0 Å². The molecule has 6 heteroatoms. The zero-order valence-electron chi connectivity index (χ0n) is 9.08. The number of amides is 1. The summed E-state index contributed by atoms with van der Waals surface area (Å²) in [5, 5.41) is 20.8. The molecular weight excluding hydrogens is 254 g/mol. The van der Waals surface area contributed by atoms with Crippen molar-refractivity contribution < 1.29 is 19.7 Å². The molecule has 2 rings (SSSR count). The quantitative estimate of drug-likeness (QED) is 0.427. The molecule has 3 N–H and O–H groups in total. The second-order valence-electron chi connectivity index (χ2n) is 3.48. The summed E-state index contributed by atoms with van der Waals surface area (Å²) in [5.41, 5.74) is 0.670. The topological polar surface area (TPSA) is 78.8 Å². The average Bonchev–Trinajstić information content (AvgIpc) is 2.63. The lowest BCUT2D eigenvalue weighted by Gasteiger charge is -1.97. The lowest BCUT2D eigenvalue weighted by molar-refractivity contribution is -0.116. The van der Waals surface area contributed by atoms with Crippen LogP contribution in [0.1, 0.15) is 5.56 Å². The van der Waals surface area contributed by atoms with Crippen LogP contribution in [-0.2, 0) is 9.53 Å². The van der Waals surface area contributed by atoms with E-state index in [9.17, 15) is 9.90 Å². The maximum Gasteiger partial charge on any atom is 0.294 e. The van der Waals surface area contributed by atoms with Crippen molar-refractivity contribution in [3.8, 4) is 11.5 Å². The van der Waals surface area contributed by atoms with Gasteiger partial charge in [0.1, 0.15) is 0 Å². The van der Waals surface area contributed by atoms with Gasteiger partial charge in [0.05, 0.1) is 0 Å². The van der Waals surface area contributed by atoms with Crippen LogP contribution in [0.4, 0.5) is 0 Å². The molecular formula is C12H9NO4S. The lowest BCUT2D eigenvalue weighted by atomic mass is 10.2. The standard InChI is InChI=1S/C12H9NO4S/c14-8-5-4-7(6-9(8)15)2-1-3-10-11(16)13-12(18)17-10/h1-6,14-15H,(H,13,16,18). The van der Waals surface area contributed by atoms with Crippen LogP contribution >= 0.6 is 12.2 Å². The summed E-state index contributed by atoms with van der Waals surface area (Å²) >= 11 is 4.67. The van der Waals surface area contributed by atoms with E-state index in [1.165, 1.54) is 18.2 Å². The monoisotopic (exact) mass is 263 g/mol. The second kappa shape index (κ2) is 4.89. The van der Waals surface area contributed by atoms with Gasteiger partial charge in [0.15, 0.2) is 17.3 Å². The number of carbonyl (C=O) groups is 1. The van der Waals surface area contributed by atoms with E-state index in [2.05, 4.69) is 17.5 Å². The first-order chi connectivity index (χ1) is 8.56. The van der Waals surface area contributed by atoms with Gasteiger partial charge in [-0.3, -0.25) is 10.1 Å². The van der Waals surface area contributed by atoms with Gasteiger partial charge in [-0.25, -0.2) is 0 Å². The summed E-state index contributed by atoms with van der Waals surface area (Å²) in [7, 11) is 0. The Labute approximate surface area is 108 Å². The van der Waals surface area contributed by atoms with Gasteiger partial charge in [-0.15, -0.1) is 0 Å². The second-order valence-corrected chi connectivity index (χ2v) is 3.85. The maximum absolute atomic E-state index is 11.2. The number of phenols is 2. The zero-order chi connectivity index (χ0) is 13.1. The third-order valence-electron chi connectivity index (χ3n) is 2.18. The molecule has 0 bridgehead atoms. The minimum absolute atomic E-state index is 0.0296. The molecule has 1 aromatic carbocycles. The SMILES string of the molecule is O=C1NC(=S)OC1=CC=Cc1ccc(O)c(O)c1. The third-order valence-corrected chi connectivity index (χ3v) is 2.36. The van der Waals surface area contributed by atoms with Gasteiger partial charge in [0.2, 0.25) is 0 Å². The summed E-state index contributed by atoms with van der Waals surface area (Å²) < 4.78 is 4.95. The van der Waals surface area contributed by atoms with E-state index in [0.29, 0.717) is 5.56 Å². The number of nitrogens with one attached hydrogen (secondary N) is 1. The first-order valence-electron chi connectivity index (χ1n) is 5.00. The number of aromatic hydroxyl groups is 2. The molecule has 0 spiro atoms. The summed E-state index contributed by atoms with van der Waals surface area (Å²) in [6.07, 6.45) is 4.68. The molecule has 1 heterocycles. The fraction of sp³-hybridized carbons (Fsp3) is 0. The van der Waals surface area contributed by atoms with Crippen LogP contribution in [0.25, 0.3) is 6.08 Å². The number of ether oxygens (including phenoxy) is 1. The molecule has 1 aromatic rings. The largest absolute Gasteiger partial charge is 0.504 e. The fourth-order valence-electron chi connectivity index (χ4n) is 1.33. The van der Waals surface area contributed by atoms with Crippen molar-refractivity contribution in [3.63, 3.8) is 0 Å². The summed E-state index contributed by atoms with van der Waals surface area (Å²) in [4.78, 5) is 11.2. The average molecular weight is 263 g/mol. The summed E-state index contributed by atoms with van der Waals surface area (Å²) in [6, 6.07) is 4.38. The molecule has 1 saturated heterocycles.